The molecule has 0 rings (SSSR count). The molecule has 0 atom stereocenters. The van der Waals surface area contributed by atoms with Crippen LogP contribution in [0.4, 0.5) is 0 Å². The zero-order chi connectivity index (χ0) is 7.33. The molecule has 0 aromatic carbocycles. The molecule has 0 spiro atoms. The maximum atomic E-state index is 8.05. The molecule has 0 unspecified atom stereocenters. The third kappa shape index (κ3) is 7.41. The van der Waals surface area contributed by atoms with Crippen LogP contribution in [-0.2, 0) is 4.74 Å². The minimum Gasteiger partial charge on any atom is -0.365 e. The molecule has 3 nitrogen and oxygen atoms in total. The smallest absolute Gasteiger partial charge is 0.133 e. The third-order valence-corrected chi connectivity index (χ3v) is 0.641. The van der Waals surface area contributed by atoms with Gasteiger partial charge in [-0.1, -0.05) is 0 Å². The lowest BCUT2D eigenvalue weighted by Gasteiger charge is -2.16. The van der Waals surface area contributed by atoms with E-state index in [4.69, 9.17) is 15.7 Å². The number of rotatable bonds is 3. The van der Waals surface area contributed by atoms with Gasteiger partial charge in [-0.25, -0.2) is 0 Å². The van der Waals surface area contributed by atoms with E-state index in [2.05, 4.69) is 0 Å². The number of nitrogens with zero attached hydrogens (tertiary/aromatic N) is 1. The third-order valence-electron chi connectivity index (χ3n) is 0.641. The van der Waals surface area contributed by atoms with Gasteiger partial charge in [0.15, 0.2) is 0 Å². The Morgan fingerprint density at radius 1 is 1.67 bits per heavy atom. The topological polar surface area (TPSA) is 59.0 Å². The van der Waals surface area contributed by atoms with E-state index >= 15 is 0 Å². The lowest BCUT2D eigenvalue weighted by molar-refractivity contribution is 0.123. The predicted molar refractivity (Wildman–Crippen MR) is 34.7 cm³/mol. The molecule has 0 aromatic heterocycles. The average Bonchev–Trinajstić information content (AvgIpc) is 1.63. The van der Waals surface area contributed by atoms with E-state index in [0.29, 0.717) is 6.61 Å². The molecular formula is C6H12N2O. The van der Waals surface area contributed by atoms with Crippen LogP contribution in [0.3, 0.4) is 0 Å². The maximum Gasteiger partial charge on any atom is 0.133 e. The SMILES string of the molecule is CC(C)(N)COCC#N. The van der Waals surface area contributed by atoms with Crippen molar-refractivity contribution in [3.63, 3.8) is 0 Å². The Hall–Kier alpha value is -0.590. The molecule has 0 saturated heterocycles. The van der Waals surface area contributed by atoms with Crippen LogP contribution in [0.25, 0.3) is 0 Å². The van der Waals surface area contributed by atoms with E-state index in [0.717, 1.165) is 0 Å². The van der Waals surface area contributed by atoms with Gasteiger partial charge in [-0.05, 0) is 13.8 Å². The van der Waals surface area contributed by atoms with E-state index in [1.54, 1.807) is 0 Å². The summed E-state index contributed by atoms with van der Waals surface area (Å²) in [6.45, 7) is 4.26. The van der Waals surface area contributed by atoms with Crippen LogP contribution < -0.4 is 5.73 Å². The number of hydrogen-bond acceptors (Lipinski definition) is 3. The summed E-state index contributed by atoms with van der Waals surface area (Å²) in [6.07, 6.45) is 0. The summed E-state index contributed by atoms with van der Waals surface area (Å²) in [4.78, 5) is 0. The van der Waals surface area contributed by atoms with Crippen molar-refractivity contribution in [3.8, 4) is 6.07 Å². The van der Waals surface area contributed by atoms with Gasteiger partial charge in [0.05, 0.1) is 12.7 Å². The van der Waals surface area contributed by atoms with E-state index in [-0.39, 0.29) is 12.1 Å². The molecule has 0 heterocycles. The van der Waals surface area contributed by atoms with Gasteiger partial charge in [-0.3, -0.25) is 0 Å². The second-order valence-corrected chi connectivity index (χ2v) is 2.64. The van der Waals surface area contributed by atoms with E-state index < -0.39 is 0 Å². The zero-order valence-corrected chi connectivity index (χ0v) is 5.85. The summed E-state index contributed by atoms with van der Waals surface area (Å²) in [5, 5.41) is 8.05. The van der Waals surface area contributed by atoms with Crippen molar-refractivity contribution >= 4 is 0 Å². The van der Waals surface area contributed by atoms with E-state index in [1.807, 2.05) is 19.9 Å². The summed E-state index contributed by atoms with van der Waals surface area (Å²) in [7, 11) is 0. The summed E-state index contributed by atoms with van der Waals surface area (Å²) in [6, 6.07) is 1.86. The van der Waals surface area contributed by atoms with Crippen molar-refractivity contribution in [1.82, 2.24) is 0 Å². The number of nitrogens with two attached hydrogens (primary N) is 1. The largest absolute Gasteiger partial charge is 0.365 e. The second-order valence-electron chi connectivity index (χ2n) is 2.64. The Kier molecular flexibility index (Phi) is 3.21. The van der Waals surface area contributed by atoms with Crippen LogP contribution in [-0.4, -0.2) is 18.8 Å². The Balaban J connectivity index is 3.20. The highest BCUT2D eigenvalue weighted by Gasteiger charge is 2.09. The lowest BCUT2D eigenvalue weighted by atomic mass is 10.1. The Bertz CT molecular complexity index is 109. The lowest BCUT2D eigenvalue weighted by Crippen LogP contribution is -2.37. The summed E-state index contributed by atoms with van der Waals surface area (Å²) in [5.41, 5.74) is 5.22. The van der Waals surface area contributed by atoms with Gasteiger partial charge in [0.25, 0.3) is 0 Å². The standard InChI is InChI=1S/C6H12N2O/c1-6(2,8)5-9-4-3-7/h4-5,8H2,1-2H3. The Labute approximate surface area is 55.4 Å². The molecule has 2 N–H and O–H groups in total. The summed E-state index contributed by atoms with van der Waals surface area (Å²) >= 11 is 0. The van der Waals surface area contributed by atoms with E-state index in [1.165, 1.54) is 0 Å². The minimum absolute atomic E-state index is 0.126. The molecule has 0 aromatic rings. The van der Waals surface area contributed by atoms with Crippen molar-refractivity contribution in [2.45, 2.75) is 19.4 Å². The molecule has 0 fully saturated rings. The maximum absolute atomic E-state index is 8.05. The Morgan fingerprint density at radius 3 is 2.56 bits per heavy atom. The fourth-order valence-corrected chi connectivity index (χ4v) is 0.360. The monoisotopic (exact) mass is 128 g/mol. The first-order chi connectivity index (χ1) is 4.06. The average molecular weight is 128 g/mol. The molecule has 9 heavy (non-hydrogen) atoms. The molecule has 0 radical (unpaired) electrons. The van der Waals surface area contributed by atoms with Crippen LogP contribution in [0.1, 0.15) is 13.8 Å². The van der Waals surface area contributed by atoms with Crippen molar-refractivity contribution in [1.29, 1.82) is 5.26 Å². The van der Waals surface area contributed by atoms with Gasteiger partial charge >= 0.3 is 0 Å². The highest BCUT2D eigenvalue weighted by molar-refractivity contribution is 4.73. The van der Waals surface area contributed by atoms with Crippen LogP contribution in [0.5, 0.6) is 0 Å². The predicted octanol–water partition coefficient (Wildman–Crippen LogP) is 0.264. The van der Waals surface area contributed by atoms with Gasteiger partial charge in [0.1, 0.15) is 6.61 Å². The Morgan fingerprint density at radius 2 is 2.22 bits per heavy atom. The first kappa shape index (κ1) is 8.41. The molecule has 0 aliphatic rings. The van der Waals surface area contributed by atoms with Gasteiger partial charge < -0.3 is 10.5 Å². The number of hydrogen-bond donors (Lipinski definition) is 1. The number of ether oxygens (including phenoxy) is 1. The summed E-state index contributed by atoms with van der Waals surface area (Å²) < 4.78 is 4.86. The highest BCUT2D eigenvalue weighted by atomic mass is 16.5. The van der Waals surface area contributed by atoms with Crippen molar-refractivity contribution in [2.75, 3.05) is 13.2 Å². The van der Waals surface area contributed by atoms with Gasteiger partial charge in [0, 0.05) is 5.54 Å². The van der Waals surface area contributed by atoms with Crippen molar-refractivity contribution in [3.05, 3.63) is 0 Å². The van der Waals surface area contributed by atoms with Crippen LogP contribution in [0.2, 0.25) is 0 Å². The highest BCUT2D eigenvalue weighted by Crippen LogP contribution is 1.95. The van der Waals surface area contributed by atoms with Gasteiger partial charge in [-0.15, -0.1) is 0 Å². The molecular weight excluding hydrogens is 116 g/mol. The molecule has 0 aliphatic heterocycles. The molecule has 3 heteroatoms. The van der Waals surface area contributed by atoms with Gasteiger partial charge in [0.2, 0.25) is 0 Å². The fourth-order valence-electron chi connectivity index (χ4n) is 0.360. The van der Waals surface area contributed by atoms with Crippen LogP contribution in [0, 0.1) is 11.3 Å². The van der Waals surface area contributed by atoms with Crippen molar-refractivity contribution < 1.29 is 4.74 Å². The normalized spacial score (nSPS) is 10.9. The fraction of sp³-hybridized carbons (Fsp3) is 0.833. The second kappa shape index (κ2) is 3.44. The van der Waals surface area contributed by atoms with E-state index in [9.17, 15) is 0 Å². The molecule has 52 valence electrons. The minimum atomic E-state index is -0.323. The number of nitriles is 1. The molecule has 0 bridgehead atoms. The molecule has 0 saturated carbocycles. The molecule has 0 amide bonds. The summed E-state index contributed by atoms with van der Waals surface area (Å²) in [5.74, 6) is 0. The first-order valence-electron chi connectivity index (χ1n) is 2.80. The van der Waals surface area contributed by atoms with Gasteiger partial charge in [-0.2, -0.15) is 5.26 Å². The molecule has 0 aliphatic carbocycles. The van der Waals surface area contributed by atoms with Crippen molar-refractivity contribution in [2.24, 2.45) is 5.73 Å². The first-order valence-corrected chi connectivity index (χ1v) is 2.80. The quantitative estimate of drug-likeness (QED) is 0.555. The zero-order valence-electron chi connectivity index (χ0n) is 5.85. The van der Waals surface area contributed by atoms with Crippen LogP contribution >= 0.6 is 0 Å². The van der Waals surface area contributed by atoms with Crippen LogP contribution in [0.15, 0.2) is 0 Å².